The number of aromatic nitrogens is 1. The number of aliphatic imine (C=N–C) groups is 1. The van der Waals surface area contributed by atoms with Crippen molar-refractivity contribution in [2.45, 2.75) is 25.3 Å². The van der Waals surface area contributed by atoms with Crippen LogP contribution < -0.4 is 5.32 Å². The first kappa shape index (κ1) is 16.0. The van der Waals surface area contributed by atoms with Gasteiger partial charge >= 0.3 is 0 Å². The van der Waals surface area contributed by atoms with Gasteiger partial charge in [0.1, 0.15) is 17.6 Å². The van der Waals surface area contributed by atoms with Crippen LogP contribution in [0.2, 0.25) is 5.02 Å². The number of pyridine rings is 1. The summed E-state index contributed by atoms with van der Waals surface area (Å²) in [6.07, 6.45) is 3.74. The summed E-state index contributed by atoms with van der Waals surface area (Å²) in [5.41, 5.74) is 2.80. The maximum atomic E-state index is 13.4. The summed E-state index contributed by atoms with van der Waals surface area (Å²) in [7, 11) is 0. The molecule has 126 valence electrons. The number of nitrogens with zero attached hydrogens (tertiary/aromatic N) is 2. The number of Topliss-reactive ketones (excluding diaryl/α,β-unsaturated/α-hetero) is 1. The predicted molar refractivity (Wildman–Crippen MR) is 93.9 cm³/mol. The zero-order chi connectivity index (χ0) is 17.4. The van der Waals surface area contributed by atoms with E-state index in [1.165, 1.54) is 12.1 Å². The smallest absolute Gasteiger partial charge is 0.163 e. The second-order valence-electron chi connectivity index (χ2n) is 6.06. The van der Waals surface area contributed by atoms with Crippen molar-refractivity contribution in [2.75, 3.05) is 0 Å². The van der Waals surface area contributed by atoms with E-state index >= 15 is 0 Å². The van der Waals surface area contributed by atoms with E-state index in [0.717, 1.165) is 18.5 Å². The van der Waals surface area contributed by atoms with Crippen LogP contribution in [0, 0.1) is 5.82 Å². The normalized spacial score (nSPS) is 20.0. The Morgan fingerprint density at radius 2 is 2.08 bits per heavy atom. The van der Waals surface area contributed by atoms with E-state index in [9.17, 15) is 9.18 Å². The van der Waals surface area contributed by atoms with Gasteiger partial charge in [-0.2, -0.15) is 0 Å². The van der Waals surface area contributed by atoms with E-state index in [2.05, 4.69) is 10.3 Å². The number of nitrogens with one attached hydrogen (secondary N) is 1. The molecule has 0 spiro atoms. The molecule has 0 radical (unpaired) electrons. The summed E-state index contributed by atoms with van der Waals surface area (Å²) in [6.45, 7) is 0. The third-order valence-corrected chi connectivity index (χ3v) is 4.75. The molecule has 1 atom stereocenters. The highest BCUT2D eigenvalue weighted by Crippen LogP contribution is 2.39. The fraction of sp³-hybridized carbons (Fsp3) is 0.211. The molecule has 6 heteroatoms. The van der Waals surface area contributed by atoms with Crippen LogP contribution in [0.25, 0.3) is 0 Å². The second-order valence-corrected chi connectivity index (χ2v) is 6.46. The first-order valence-electron chi connectivity index (χ1n) is 8.11. The summed E-state index contributed by atoms with van der Waals surface area (Å²) in [5.74, 6) is 0.239. The average Bonchev–Trinajstić information content (AvgIpc) is 2.62. The van der Waals surface area contributed by atoms with Gasteiger partial charge < -0.3 is 5.32 Å². The van der Waals surface area contributed by atoms with Crippen LogP contribution in [-0.4, -0.2) is 16.6 Å². The lowest BCUT2D eigenvalue weighted by Crippen LogP contribution is -2.35. The Morgan fingerprint density at radius 3 is 2.84 bits per heavy atom. The highest BCUT2D eigenvalue weighted by atomic mass is 35.5. The van der Waals surface area contributed by atoms with Crippen LogP contribution in [0.4, 0.5) is 4.39 Å². The summed E-state index contributed by atoms with van der Waals surface area (Å²) in [5, 5.41) is 3.53. The molecule has 1 N–H and O–H groups in total. The molecule has 4 nitrogen and oxygen atoms in total. The molecule has 2 aromatic rings. The minimum atomic E-state index is -0.547. The Morgan fingerprint density at radius 1 is 1.20 bits per heavy atom. The van der Waals surface area contributed by atoms with Gasteiger partial charge in [-0.25, -0.2) is 4.39 Å². The number of halogens is 2. The molecule has 1 aromatic heterocycles. The van der Waals surface area contributed by atoms with Gasteiger partial charge in [0.2, 0.25) is 0 Å². The molecule has 1 unspecified atom stereocenters. The summed E-state index contributed by atoms with van der Waals surface area (Å²) < 4.78 is 13.4. The monoisotopic (exact) mass is 355 g/mol. The van der Waals surface area contributed by atoms with E-state index in [1.807, 2.05) is 18.2 Å². The molecule has 2 heterocycles. The fourth-order valence-electron chi connectivity index (χ4n) is 3.26. The summed E-state index contributed by atoms with van der Waals surface area (Å²) in [6, 6.07) is 9.20. The van der Waals surface area contributed by atoms with Crippen molar-refractivity contribution >= 4 is 23.2 Å². The van der Waals surface area contributed by atoms with Crippen LogP contribution in [0.3, 0.4) is 0 Å². The highest BCUT2D eigenvalue weighted by molar-refractivity contribution is 6.31. The predicted octanol–water partition coefficient (Wildman–Crippen LogP) is 3.97. The van der Waals surface area contributed by atoms with E-state index in [4.69, 9.17) is 16.6 Å². The molecule has 2 aliphatic rings. The molecule has 1 aromatic carbocycles. The number of rotatable bonds is 2. The van der Waals surface area contributed by atoms with Gasteiger partial charge in [0.05, 0.1) is 0 Å². The van der Waals surface area contributed by atoms with Crippen molar-refractivity contribution < 1.29 is 9.18 Å². The molecule has 0 saturated carbocycles. The van der Waals surface area contributed by atoms with Gasteiger partial charge in [0.25, 0.3) is 0 Å². The number of carbonyl (C=O) groups excluding carboxylic acids is 1. The van der Waals surface area contributed by atoms with Crippen LogP contribution in [0.15, 0.2) is 58.9 Å². The number of carbonyl (C=O) groups is 1. The topological polar surface area (TPSA) is 54.4 Å². The Balaban J connectivity index is 1.86. The number of amidine groups is 1. The van der Waals surface area contributed by atoms with Gasteiger partial charge in [-0.15, -0.1) is 0 Å². The number of hydrogen-bond donors (Lipinski definition) is 1. The van der Waals surface area contributed by atoms with Crippen LogP contribution in [0.5, 0.6) is 0 Å². The number of ketones is 1. The molecule has 0 amide bonds. The molecule has 25 heavy (non-hydrogen) atoms. The summed E-state index contributed by atoms with van der Waals surface area (Å²) >= 11 is 6.26. The van der Waals surface area contributed by atoms with Gasteiger partial charge in [-0.3, -0.25) is 14.8 Å². The molecule has 4 rings (SSSR count). The van der Waals surface area contributed by atoms with Crippen molar-refractivity contribution in [3.63, 3.8) is 0 Å². The number of allylic oxidation sites excluding steroid dienone is 1. The zero-order valence-electron chi connectivity index (χ0n) is 13.3. The highest BCUT2D eigenvalue weighted by Gasteiger charge is 2.34. The maximum Gasteiger partial charge on any atom is 0.163 e. The number of hydrogen-bond acceptors (Lipinski definition) is 4. The van der Waals surface area contributed by atoms with E-state index in [-0.39, 0.29) is 10.8 Å². The van der Waals surface area contributed by atoms with Gasteiger partial charge in [0.15, 0.2) is 11.6 Å². The molecular weight excluding hydrogens is 341 g/mol. The van der Waals surface area contributed by atoms with Crippen molar-refractivity contribution in [3.05, 3.63) is 76.0 Å². The molecular formula is C19H15ClFN3O. The average molecular weight is 356 g/mol. The number of benzene rings is 1. The second kappa shape index (κ2) is 6.41. The lowest BCUT2D eigenvalue weighted by atomic mass is 9.85. The van der Waals surface area contributed by atoms with Crippen molar-refractivity contribution in [1.29, 1.82) is 0 Å². The zero-order valence-corrected chi connectivity index (χ0v) is 14.1. The largest absolute Gasteiger partial charge is 0.342 e. The molecule has 1 aliphatic carbocycles. The standard InChI is InChI=1S/C19H15ClFN3O/c20-13-10-11(21)7-8-12(13)18-17-14(5-3-6-16(17)25)23-19(24-18)15-4-1-2-9-22-15/h1-2,4,7-10,18H,3,5-6H2,(H,23,24). The van der Waals surface area contributed by atoms with Crippen molar-refractivity contribution in [1.82, 2.24) is 10.3 Å². The molecule has 0 saturated heterocycles. The minimum absolute atomic E-state index is 0.0583. The fourth-order valence-corrected chi connectivity index (χ4v) is 3.53. The Labute approximate surface area is 149 Å². The lowest BCUT2D eigenvalue weighted by Gasteiger charge is -2.30. The SMILES string of the molecule is O=C1CCCC2=C1C(c1ccc(F)cc1Cl)N=C(c1ccccn1)N2. The minimum Gasteiger partial charge on any atom is -0.342 e. The molecule has 1 aliphatic heterocycles. The van der Waals surface area contributed by atoms with Crippen molar-refractivity contribution in [3.8, 4) is 0 Å². The lowest BCUT2D eigenvalue weighted by molar-refractivity contribution is -0.116. The Kier molecular flexibility index (Phi) is 4.09. The molecule has 0 bridgehead atoms. The quantitative estimate of drug-likeness (QED) is 0.886. The third-order valence-electron chi connectivity index (χ3n) is 4.42. The van der Waals surface area contributed by atoms with Crippen LogP contribution in [-0.2, 0) is 4.79 Å². The van der Waals surface area contributed by atoms with E-state index in [0.29, 0.717) is 29.1 Å². The first-order chi connectivity index (χ1) is 12.1. The maximum absolute atomic E-state index is 13.4. The first-order valence-corrected chi connectivity index (χ1v) is 8.48. The van der Waals surface area contributed by atoms with Crippen LogP contribution >= 0.6 is 11.6 Å². The van der Waals surface area contributed by atoms with E-state index < -0.39 is 11.9 Å². The van der Waals surface area contributed by atoms with E-state index in [1.54, 1.807) is 12.3 Å². The van der Waals surface area contributed by atoms with Crippen LogP contribution in [0.1, 0.15) is 36.6 Å². The third kappa shape index (κ3) is 2.96. The summed E-state index contributed by atoms with van der Waals surface area (Å²) in [4.78, 5) is 21.6. The van der Waals surface area contributed by atoms with Gasteiger partial charge in [0, 0.05) is 34.5 Å². The Hall–Kier alpha value is -2.53. The van der Waals surface area contributed by atoms with Gasteiger partial charge in [-0.1, -0.05) is 23.7 Å². The molecule has 0 fully saturated rings. The van der Waals surface area contributed by atoms with Crippen molar-refractivity contribution in [2.24, 2.45) is 4.99 Å². The van der Waals surface area contributed by atoms with Gasteiger partial charge in [-0.05, 0) is 37.1 Å². The Bertz CT molecular complexity index is 908.